The first-order valence-corrected chi connectivity index (χ1v) is 10.4. The zero-order valence-corrected chi connectivity index (χ0v) is 17.0. The van der Waals surface area contributed by atoms with E-state index in [0.717, 1.165) is 35.4 Å². The topological polar surface area (TPSA) is 34.1 Å². The Hall–Kier alpha value is -2.69. The predicted molar refractivity (Wildman–Crippen MR) is 118 cm³/mol. The van der Waals surface area contributed by atoms with Crippen molar-refractivity contribution in [2.45, 2.75) is 19.4 Å². The van der Waals surface area contributed by atoms with Crippen molar-refractivity contribution in [3.63, 3.8) is 0 Å². The van der Waals surface area contributed by atoms with E-state index in [9.17, 15) is 0 Å². The Kier molecular flexibility index (Phi) is 5.70. The second-order valence-corrected chi connectivity index (χ2v) is 7.79. The van der Waals surface area contributed by atoms with Crippen molar-refractivity contribution < 1.29 is 4.74 Å². The van der Waals surface area contributed by atoms with Crippen LogP contribution < -0.4 is 10.1 Å². The van der Waals surface area contributed by atoms with Crippen LogP contribution in [-0.4, -0.2) is 18.6 Å². The molecule has 0 saturated heterocycles. The van der Waals surface area contributed by atoms with E-state index in [4.69, 9.17) is 9.72 Å². The number of benzene rings is 2. The lowest BCUT2D eigenvalue weighted by atomic mass is 10.0. The van der Waals surface area contributed by atoms with Crippen molar-refractivity contribution in [2.75, 3.05) is 13.7 Å². The Bertz CT molecular complexity index is 1050. The molecule has 0 aliphatic rings. The van der Waals surface area contributed by atoms with Gasteiger partial charge >= 0.3 is 0 Å². The van der Waals surface area contributed by atoms with Gasteiger partial charge in [0.2, 0.25) is 0 Å². The third-order valence-electron chi connectivity index (χ3n) is 5.03. The Morgan fingerprint density at radius 3 is 2.68 bits per heavy atom. The highest BCUT2D eigenvalue weighted by Gasteiger charge is 2.12. The van der Waals surface area contributed by atoms with Gasteiger partial charge in [0.1, 0.15) is 5.75 Å². The zero-order valence-electron chi connectivity index (χ0n) is 16.2. The van der Waals surface area contributed by atoms with Gasteiger partial charge in [0.25, 0.3) is 0 Å². The molecular formula is C24H24N2OS. The Balaban J connectivity index is 1.59. The first-order valence-electron chi connectivity index (χ1n) is 9.50. The highest BCUT2D eigenvalue weighted by molar-refractivity contribution is 7.08. The molecule has 2 aromatic carbocycles. The number of nitrogens with one attached hydrogen (secondary N) is 1. The Labute approximate surface area is 170 Å². The number of ether oxygens (including phenoxy) is 1. The average Bonchev–Trinajstić information content (AvgIpc) is 3.28. The number of fused-ring (bicyclic) bond motifs is 1. The van der Waals surface area contributed by atoms with Crippen LogP contribution in [0.25, 0.3) is 22.2 Å². The van der Waals surface area contributed by atoms with Crippen molar-refractivity contribution in [1.82, 2.24) is 10.3 Å². The van der Waals surface area contributed by atoms with Crippen LogP contribution in [0.3, 0.4) is 0 Å². The summed E-state index contributed by atoms with van der Waals surface area (Å²) in [5.41, 5.74) is 5.75. The van der Waals surface area contributed by atoms with E-state index >= 15 is 0 Å². The number of nitrogens with zero attached hydrogens (tertiary/aromatic N) is 1. The minimum absolute atomic E-state index is 0.462. The monoisotopic (exact) mass is 388 g/mol. The third kappa shape index (κ3) is 4.08. The van der Waals surface area contributed by atoms with Gasteiger partial charge in [-0.05, 0) is 46.7 Å². The van der Waals surface area contributed by atoms with Crippen molar-refractivity contribution in [3.05, 3.63) is 82.6 Å². The number of thiophene rings is 1. The van der Waals surface area contributed by atoms with E-state index in [1.165, 1.54) is 16.7 Å². The summed E-state index contributed by atoms with van der Waals surface area (Å²) in [6, 6.07) is 21.1. The Morgan fingerprint density at radius 1 is 1.07 bits per heavy atom. The number of rotatable bonds is 7. The van der Waals surface area contributed by atoms with Crippen LogP contribution in [0.5, 0.6) is 5.75 Å². The molecule has 3 nitrogen and oxygen atoms in total. The summed E-state index contributed by atoms with van der Waals surface area (Å²) in [7, 11) is 1.69. The molecular weight excluding hydrogens is 364 g/mol. The highest BCUT2D eigenvalue weighted by Crippen LogP contribution is 2.29. The molecule has 0 fully saturated rings. The van der Waals surface area contributed by atoms with Gasteiger partial charge in [0.05, 0.1) is 18.3 Å². The molecule has 0 radical (unpaired) electrons. The molecule has 0 spiro atoms. The molecule has 28 heavy (non-hydrogen) atoms. The summed E-state index contributed by atoms with van der Waals surface area (Å²) in [6.45, 7) is 3.97. The lowest BCUT2D eigenvalue weighted by molar-refractivity contribution is 0.415. The van der Waals surface area contributed by atoms with Crippen LogP contribution in [0.15, 0.2) is 71.4 Å². The van der Waals surface area contributed by atoms with Gasteiger partial charge in [-0.1, -0.05) is 37.3 Å². The maximum absolute atomic E-state index is 5.37. The number of hydrogen-bond acceptors (Lipinski definition) is 4. The van der Waals surface area contributed by atoms with Gasteiger partial charge in [-0.15, -0.1) is 0 Å². The summed E-state index contributed by atoms with van der Waals surface area (Å²) in [5.74, 6) is 1.29. The minimum Gasteiger partial charge on any atom is -0.497 e. The first-order chi connectivity index (χ1) is 13.7. The van der Waals surface area contributed by atoms with Crippen LogP contribution in [0.2, 0.25) is 0 Å². The standard InChI is InChI=1S/C24H24N2OS/c1-17(18-6-4-3-5-7-18)14-25-15-21-12-19-8-9-22(27-2)13-23(19)26-24(21)20-10-11-28-16-20/h3-13,16-17,25H,14-15H2,1-2H3/t17-/m0/s1. The molecule has 0 aliphatic carbocycles. The largest absolute Gasteiger partial charge is 0.497 e. The van der Waals surface area contributed by atoms with E-state index in [0.29, 0.717) is 5.92 Å². The lowest BCUT2D eigenvalue weighted by Gasteiger charge is -2.15. The van der Waals surface area contributed by atoms with E-state index < -0.39 is 0 Å². The number of aromatic nitrogens is 1. The minimum atomic E-state index is 0.462. The van der Waals surface area contributed by atoms with Crippen LogP contribution in [0.4, 0.5) is 0 Å². The van der Waals surface area contributed by atoms with Gasteiger partial charge in [0.15, 0.2) is 0 Å². The summed E-state index contributed by atoms with van der Waals surface area (Å²) in [6.07, 6.45) is 0. The lowest BCUT2D eigenvalue weighted by Crippen LogP contribution is -2.20. The summed E-state index contributed by atoms with van der Waals surface area (Å²) >= 11 is 1.70. The van der Waals surface area contributed by atoms with E-state index in [2.05, 4.69) is 71.5 Å². The molecule has 4 rings (SSSR count). The van der Waals surface area contributed by atoms with Crippen LogP contribution in [0.1, 0.15) is 24.0 Å². The molecule has 0 unspecified atom stereocenters. The predicted octanol–water partition coefficient (Wildman–Crippen LogP) is 5.87. The number of hydrogen-bond donors (Lipinski definition) is 1. The molecule has 2 heterocycles. The molecule has 4 heteroatoms. The molecule has 0 aliphatic heterocycles. The fraction of sp³-hybridized carbons (Fsp3) is 0.208. The molecule has 4 aromatic rings. The SMILES string of the molecule is COc1ccc2cc(CNC[C@H](C)c3ccccc3)c(-c3ccsc3)nc2c1. The Morgan fingerprint density at radius 2 is 1.93 bits per heavy atom. The summed E-state index contributed by atoms with van der Waals surface area (Å²) in [5, 5.41) is 9.02. The van der Waals surface area contributed by atoms with Gasteiger partial charge in [-0.3, -0.25) is 0 Å². The van der Waals surface area contributed by atoms with Gasteiger partial charge < -0.3 is 10.1 Å². The molecule has 1 N–H and O–H groups in total. The zero-order chi connectivity index (χ0) is 19.3. The maximum atomic E-state index is 5.37. The fourth-order valence-corrected chi connectivity index (χ4v) is 4.06. The number of pyridine rings is 1. The van der Waals surface area contributed by atoms with E-state index in [1.54, 1.807) is 18.4 Å². The van der Waals surface area contributed by atoms with Crippen LogP contribution in [-0.2, 0) is 6.54 Å². The van der Waals surface area contributed by atoms with E-state index in [-0.39, 0.29) is 0 Å². The summed E-state index contributed by atoms with van der Waals surface area (Å²) < 4.78 is 5.37. The molecule has 142 valence electrons. The summed E-state index contributed by atoms with van der Waals surface area (Å²) in [4.78, 5) is 4.97. The highest BCUT2D eigenvalue weighted by atomic mass is 32.1. The third-order valence-corrected chi connectivity index (χ3v) is 5.72. The van der Waals surface area contributed by atoms with Crippen LogP contribution >= 0.6 is 11.3 Å². The van der Waals surface area contributed by atoms with Crippen molar-refractivity contribution >= 4 is 22.2 Å². The fourth-order valence-electron chi connectivity index (χ4n) is 3.42. The van der Waals surface area contributed by atoms with Gasteiger partial charge in [-0.2, -0.15) is 11.3 Å². The molecule has 0 saturated carbocycles. The molecule has 0 amide bonds. The maximum Gasteiger partial charge on any atom is 0.121 e. The average molecular weight is 389 g/mol. The van der Waals surface area contributed by atoms with Gasteiger partial charge in [0, 0.05) is 35.5 Å². The van der Waals surface area contributed by atoms with Crippen molar-refractivity contribution in [2.24, 2.45) is 0 Å². The van der Waals surface area contributed by atoms with E-state index in [1.807, 2.05) is 12.1 Å². The van der Waals surface area contributed by atoms with Crippen molar-refractivity contribution in [1.29, 1.82) is 0 Å². The smallest absolute Gasteiger partial charge is 0.121 e. The second-order valence-electron chi connectivity index (χ2n) is 7.01. The van der Waals surface area contributed by atoms with Gasteiger partial charge in [-0.25, -0.2) is 4.98 Å². The second kappa shape index (κ2) is 8.55. The van der Waals surface area contributed by atoms with Crippen molar-refractivity contribution in [3.8, 4) is 17.0 Å². The quantitative estimate of drug-likeness (QED) is 0.430. The molecule has 1 atom stereocenters. The number of methoxy groups -OCH3 is 1. The van der Waals surface area contributed by atoms with Crippen LogP contribution in [0, 0.1) is 0 Å². The normalized spacial score (nSPS) is 12.2. The first kappa shape index (κ1) is 18.7. The molecule has 0 bridgehead atoms. The molecule has 2 aromatic heterocycles.